The smallest absolute Gasteiger partial charge is 0.137 e. The number of hydrogen-bond donors (Lipinski definition) is 1. The molecule has 0 aliphatic carbocycles. The van der Waals surface area contributed by atoms with E-state index in [4.69, 9.17) is 11.6 Å². The standard InChI is InChI=1S/C15H14BrClFN/c1-9-3-4-11(8-13(9)17)15(19-2)10-5-6-14(18)12(16)7-10/h3-8,15,19H,1-2H3. The Hall–Kier alpha value is -0.900. The number of aryl methyl sites for hydroxylation is 1. The summed E-state index contributed by atoms with van der Waals surface area (Å²) in [6, 6.07) is 10.9. The van der Waals surface area contributed by atoms with Crippen molar-refractivity contribution < 1.29 is 4.39 Å². The molecule has 0 bridgehead atoms. The monoisotopic (exact) mass is 341 g/mol. The van der Waals surface area contributed by atoms with Crippen LogP contribution in [0.1, 0.15) is 22.7 Å². The Labute approximate surface area is 125 Å². The van der Waals surface area contributed by atoms with Gasteiger partial charge in [0.25, 0.3) is 0 Å². The Morgan fingerprint density at radius 2 is 1.79 bits per heavy atom. The first kappa shape index (κ1) is 14.5. The molecule has 0 spiro atoms. The van der Waals surface area contributed by atoms with Crippen LogP contribution in [-0.2, 0) is 0 Å². The largest absolute Gasteiger partial charge is 0.309 e. The molecule has 0 saturated heterocycles. The molecular formula is C15H14BrClFN. The molecular weight excluding hydrogens is 329 g/mol. The molecule has 0 fully saturated rings. The Kier molecular flexibility index (Phi) is 4.61. The Morgan fingerprint density at radius 1 is 1.16 bits per heavy atom. The average Bonchev–Trinajstić information content (AvgIpc) is 2.39. The molecule has 0 heterocycles. The van der Waals surface area contributed by atoms with Crippen molar-refractivity contribution in [2.45, 2.75) is 13.0 Å². The molecule has 0 aromatic heterocycles. The molecule has 0 saturated carbocycles. The molecule has 0 amide bonds. The van der Waals surface area contributed by atoms with Gasteiger partial charge in [-0.25, -0.2) is 4.39 Å². The van der Waals surface area contributed by atoms with E-state index in [2.05, 4.69) is 21.2 Å². The summed E-state index contributed by atoms with van der Waals surface area (Å²) in [5.41, 5.74) is 3.08. The number of hydrogen-bond acceptors (Lipinski definition) is 1. The van der Waals surface area contributed by atoms with Crippen LogP contribution in [-0.4, -0.2) is 7.05 Å². The quantitative estimate of drug-likeness (QED) is 0.840. The highest BCUT2D eigenvalue weighted by atomic mass is 79.9. The zero-order valence-electron chi connectivity index (χ0n) is 10.7. The fourth-order valence-electron chi connectivity index (χ4n) is 2.01. The maximum Gasteiger partial charge on any atom is 0.137 e. The van der Waals surface area contributed by atoms with Crippen LogP contribution in [0.25, 0.3) is 0 Å². The number of nitrogens with one attached hydrogen (secondary N) is 1. The van der Waals surface area contributed by atoms with Crippen molar-refractivity contribution in [3.8, 4) is 0 Å². The summed E-state index contributed by atoms with van der Waals surface area (Å²) in [6.45, 7) is 1.97. The molecule has 1 unspecified atom stereocenters. The molecule has 4 heteroatoms. The van der Waals surface area contributed by atoms with Crippen LogP contribution in [0.2, 0.25) is 5.02 Å². The summed E-state index contributed by atoms with van der Waals surface area (Å²) in [5.74, 6) is -0.263. The molecule has 19 heavy (non-hydrogen) atoms. The van der Waals surface area contributed by atoms with E-state index in [1.165, 1.54) is 6.07 Å². The first-order valence-corrected chi connectivity index (χ1v) is 7.08. The van der Waals surface area contributed by atoms with Gasteiger partial charge in [-0.2, -0.15) is 0 Å². The van der Waals surface area contributed by atoms with Crippen LogP contribution >= 0.6 is 27.5 Å². The van der Waals surface area contributed by atoms with Gasteiger partial charge in [-0.1, -0.05) is 29.8 Å². The lowest BCUT2D eigenvalue weighted by Crippen LogP contribution is -2.17. The molecule has 0 radical (unpaired) electrons. The zero-order valence-corrected chi connectivity index (χ0v) is 13.0. The van der Waals surface area contributed by atoms with E-state index in [0.717, 1.165) is 21.7 Å². The highest BCUT2D eigenvalue weighted by molar-refractivity contribution is 9.10. The first-order chi connectivity index (χ1) is 9.02. The Bertz CT molecular complexity index is 549. The Balaban J connectivity index is 2.43. The normalized spacial score (nSPS) is 12.5. The van der Waals surface area contributed by atoms with Crippen molar-refractivity contribution in [3.05, 3.63) is 68.4 Å². The topological polar surface area (TPSA) is 12.0 Å². The zero-order chi connectivity index (χ0) is 14.0. The minimum absolute atomic E-state index is 0.0185. The fraction of sp³-hybridized carbons (Fsp3) is 0.200. The fourth-order valence-corrected chi connectivity index (χ4v) is 2.59. The van der Waals surface area contributed by atoms with Gasteiger partial charge >= 0.3 is 0 Å². The van der Waals surface area contributed by atoms with E-state index >= 15 is 0 Å². The lowest BCUT2D eigenvalue weighted by atomic mass is 9.98. The summed E-state index contributed by atoms with van der Waals surface area (Å²) in [6.07, 6.45) is 0. The van der Waals surface area contributed by atoms with Gasteiger partial charge in [-0.15, -0.1) is 0 Å². The van der Waals surface area contributed by atoms with Crippen LogP contribution in [0.15, 0.2) is 40.9 Å². The van der Waals surface area contributed by atoms with Crippen molar-refractivity contribution in [2.75, 3.05) is 7.05 Å². The van der Waals surface area contributed by atoms with Gasteiger partial charge in [-0.3, -0.25) is 0 Å². The first-order valence-electron chi connectivity index (χ1n) is 5.91. The third-order valence-corrected chi connectivity index (χ3v) is 4.11. The minimum atomic E-state index is -0.263. The predicted octanol–water partition coefficient (Wildman–Crippen LogP) is 4.86. The maximum absolute atomic E-state index is 13.3. The van der Waals surface area contributed by atoms with Gasteiger partial charge in [0.05, 0.1) is 10.5 Å². The predicted molar refractivity (Wildman–Crippen MR) is 81.2 cm³/mol. The molecule has 2 rings (SSSR count). The van der Waals surface area contributed by atoms with Crippen molar-refractivity contribution in [2.24, 2.45) is 0 Å². The van der Waals surface area contributed by atoms with Crippen LogP contribution in [0.4, 0.5) is 4.39 Å². The number of halogens is 3. The Morgan fingerprint density at radius 3 is 2.37 bits per heavy atom. The van der Waals surface area contributed by atoms with Crippen molar-refractivity contribution >= 4 is 27.5 Å². The highest BCUT2D eigenvalue weighted by Crippen LogP contribution is 2.28. The third kappa shape index (κ3) is 3.16. The van der Waals surface area contributed by atoms with Gasteiger partial charge in [0.1, 0.15) is 5.82 Å². The van der Waals surface area contributed by atoms with Gasteiger partial charge in [0, 0.05) is 5.02 Å². The molecule has 0 aliphatic rings. The lowest BCUT2D eigenvalue weighted by Gasteiger charge is -2.18. The number of rotatable bonds is 3. The van der Waals surface area contributed by atoms with Gasteiger partial charge in [0.2, 0.25) is 0 Å². The summed E-state index contributed by atoms with van der Waals surface area (Å²) in [4.78, 5) is 0. The third-order valence-electron chi connectivity index (χ3n) is 3.09. The molecule has 1 nitrogen and oxygen atoms in total. The van der Waals surface area contributed by atoms with E-state index in [-0.39, 0.29) is 11.9 Å². The lowest BCUT2D eigenvalue weighted by molar-refractivity contribution is 0.616. The maximum atomic E-state index is 13.3. The second-order valence-electron chi connectivity index (χ2n) is 4.40. The van der Waals surface area contributed by atoms with Gasteiger partial charge in [-0.05, 0) is 64.8 Å². The minimum Gasteiger partial charge on any atom is -0.309 e. The molecule has 0 aliphatic heterocycles. The molecule has 2 aromatic carbocycles. The summed E-state index contributed by atoms with van der Waals surface area (Å²) in [7, 11) is 1.87. The molecule has 1 atom stereocenters. The second kappa shape index (κ2) is 6.04. The molecule has 1 N–H and O–H groups in total. The SMILES string of the molecule is CNC(c1ccc(C)c(Cl)c1)c1ccc(F)c(Br)c1. The summed E-state index contributed by atoms with van der Waals surface area (Å²) in [5, 5.41) is 3.96. The van der Waals surface area contributed by atoms with Crippen LogP contribution < -0.4 is 5.32 Å². The van der Waals surface area contributed by atoms with Crippen LogP contribution in [0.3, 0.4) is 0 Å². The van der Waals surface area contributed by atoms with Crippen molar-refractivity contribution in [1.82, 2.24) is 5.32 Å². The van der Waals surface area contributed by atoms with Crippen molar-refractivity contribution in [3.63, 3.8) is 0 Å². The van der Waals surface area contributed by atoms with Gasteiger partial charge < -0.3 is 5.32 Å². The van der Waals surface area contributed by atoms with Crippen LogP contribution in [0, 0.1) is 12.7 Å². The summed E-state index contributed by atoms with van der Waals surface area (Å²) < 4.78 is 13.8. The average molecular weight is 343 g/mol. The van der Waals surface area contributed by atoms with E-state index in [1.54, 1.807) is 12.1 Å². The van der Waals surface area contributed by atoms with Crippen LogP contribution in [0.5, 0.6) is 0 Å². The number of benzene rings is 2. The second-order valence-corrected chi connectivity index (χ2v) is 5.67. The summed E-state index contributed by atoms with van der Waals surface area (Å²) >= 11 is 9.38. The van der Waals surface area contributed by atoms with E-state index in [9.17, 15) is 4.39 Å². The highest BCUT2D eigenvalue weighted by Gasteiger charge is 2.14. The van der Waals surface area contributed by atoms with E-state index in [0.29, 0.717) is 4.47 Å². The van der Waals surface area contributed by atoms with E-state index < -0.39 is 0 Å². The molecule has 2 aromatic rings. The van der Waals surface area contributed by atoms with E-state index in [1.807, 2.05) is 32.2 Å². The van der Waals surface area contributed by atoms with Gasteiger partial charge in [0.15, 0.2) is 0 Å². The van der Waals surface area contributed by atoms with Crippen molar-refractivity contribution in [1.29, 1.82) is 0 Å². The molecule has 100 valence electrons.